The Labute approximate surface area is 216 Å². The van der Waals surface area contributed by atoms with Crippen LogP contribution in [0, 0.1) is 10.1 Å². The average molecular weight is 518 g/mol. The molecule has 0 aliphatic heterocycles. The molecule has 0 heterocycles. The summed E-state index contributed by atoms with van der Waals surface area (Å²) in [5, 5.41) is 33.5. The Morgan fingerprint density at radius 2 is 1.26 bits per heavy atom. The summed E-state index contributed by atoms with van der Waals surface area (Å²) >= 11 is 0. The number of phenols is 2. The van der Waals surface area contributed by atoms with E-state index in [1.807, 2.05) is 0 Å². The number of carbonyl (C=O) groups excluding carboxylic acids is 1. The third kappa shape index (κ3) is 3.39. The monoisotopic (exact) mass is 518 g/mol. The van der Waals surface area contributed by atoms with Gasteiger partial charge in [0.25, 0.3) is 11.6 Å². The standard InChI is InChI=1S/C29H14N2O8/c32-22-12-20-19(26(34)13-5-1-2-6-14(13)27(20)35)11-21(22)30-29(37)18-10-9-17-23(24(18)31(38)39)28(36)16-8-4-3-7-15(16)25(17)33/h1-12,33,36H. The largest absolute Gasteiger partial charge is 0.507 e. The van der Waals surface area contributed by atoms with Crippen LogP contribution in [-0.4, -0.2) is 21.0 Å². The van der Waals surface area contributed by atoms with E-state index in [0.717, 1.165) is 18.2 Å². The quantitative estimate of drug-likeness (QED) is 0.153. The molecule has 39 heavy (non-hydrogen) atoms. The van der Waals surface area contributed by atoms with Crippen molar-refractivity contribution in [3.63, 3.8) is 0 Å². The van der Waals surface area contributed by atoms with Crippen molar-refractivity contribution in [1.82, 2.24) is 0 Å². The van der Waals surface area contributed by atoms with E-state index in [2.05, 4.69) is 4.99 Å². The number of nitrogens with zero attached hydrogens (tertiary/aromatic N) is 2. The first-order valence-electron chi connectivity index (χ1n) is 11.5. The summed E-state index contributed by atoms with van der Waals surface area (Å²) in [5.41, 5.74) is -3.51. The molecule has 1 amide bonds. The van der Waals surface area contributed by atoms with Gasteiger partial charge in [-0.1, -0.05) is 48.5 Å². The maximum atomic E-state index is 13.2. The third-order valence-corrected chi connectivity index (χ3v) is 6.75. The topological polar surface area (TPSA) is 164 Å². The minimum absolute atomic E-state index is 0.0597. The maximum Gasteiger partial charge on any atom is 0.293 e. The molecule has 0 saturated heterocycles. The summed E-state index contributed by atoms with van der Waals surface area (Å²) in [6.07, 6.45) is 0. The summed E-state index contributed by atoms with van der Waals surface area (Å²) in [6.45, 7) is 0. The lowest BCUT2D eigenvalue weighted by Gasteiger charge is -2.11. The molecule has 0 atom stereocenters. The van der Waals surface area contributed by atoms with Gasteiger partial charge in [-0.25, -0.2) is 4.99 Å². The lowest BCUT2D eigenvalue weighted by Crippen LogP contribution is -2.30. The molecule has 0 aromatic heterocycles. The minimum atomic E-state index is -1.19. The van der Waals surface area contributed by atoms with Crippen LogP contribution in [0.5, 0.6) is 11.5 Å². The molecule has 2 N–H and O–H groups in total. The van der Waals surface area contributed by atoms with E-state index in [1.165, 1.54) is 30.3 Å². The smallest absolute Gasteiger partial charge is 0.293 e. The number of rotatable bonds is 2. The fourth-order valence-electron chi connectivity index (χ4n) is 4.94. The van der Waals surface area contributed by atoms with Crippen LogP contribution in [0.4, 0.5) is 5.69 Å². The van der Waals surface area contributed by atoms with Gasteiger partial charge in [-0.15, -0.1) is 0 Å². The van der Waals surface area contributed by atoms with E-state index in [0.29, 0.717) is 0 Å². The Morgan fingerprint density at radius 3 is 1.85 bits per heavy atom. The molecule has 0 bridgehead atoms. The highest BCUT2D eigenvalue weighted by Crippen LogP contribution is 2.46. The van der Waals surface area contributed by atoms with E-state index in [1.54, 1.807) is 24.3 Å². The Morgan fingerprint density at radius 1 is 0.718 bits per heavy atom. The van der Waals surface area contributed by atoms with Gasteiger partial charge in [-0.3, -0.25) is 29.3 Å². The number of fused-ring (bicyclic) bond motifs is 4. The van der Waals surface area contributed by atoms with E-state index in [4.69, 9.17) is 0 Å². The Bertz CT molecular complexity index is 2260. The number of hydrogen-bond donors (Lipinski definition) is 2. The van der Waals surface area contributed by atoms with Crippen LogP contribution < -0.4 is 21.6 Å². The molecule has 2 aliphatic carbocycles. The third-order valence-electron chi connectivity index (χ3n) is 6.75. The number of nitro groups is 1. The molecule has 0 radical (unpaired) electrons. The van der Waals surface area contributed by atoms with Gasteiger partial charge >= 0.3 is 0 Å². The Kier molecular flexibility index (Phi) is 5.08. The van der Waals surface area contributed by atoms with E-state index >= 15 is 0 Å². The zero-order chi connectivity index (χ0) is 27.6. The second kappa shape index (κ2) is 8.38. The molecule has 0 unspecified atom stereocenters. The number of phenolic OH excluding ortho intramolecular Hbond substituents is 2. The van der Waals surface area contributed by atoms with Gasteiger partial charge < -0.3 is 10.2 Å². The van der Waals surface area contributed by atoms with Crippen molar-refractivity contribution in [2.75, 3.05) is 0 Å². The van der Waals surface area contributed by atoms with E-state index in [9.17, 15) is 39.5 Å². The molecule has 4 aromatic rings. The van der Waals surface area contributed by atoms with E-state index < -0.39 is 49.5 Å². The highest BCUT2D eigenvalue weighted by Gasteiger charge is 2.28. The Balaban J connectivity index is 1.63. The van der Waals surface area contributed by atoms with Crippen LogP contribution in [0.3, 0.4) is 0 Å². The first kappa shape index (κ1) is 23.6. The van der Waals surface area contributed by atoms with Gasteiger partial charge in [0, 0.05) is 38.1 Å². The van der Waals surface area contributed by atoms with Crippen LogP contribution in [0.25, 0.3) is 43.4 Å². The summed E-state index contributed by atoms with van der Waals surface area (Å²) in [5.74, 6) is -2.03. The fraction of sp³-hybridized carbons (Fsp3) is 0. The van der Waals surface area contributed by atoms with Crippen molar-refractivity contribution >= 4 is 43.9 Å². The molecule has 0 fully saturated rings. The predicted molar refractivity (Wildman–Crippen MR) is 143 cm³/mol. The number of nitro benzene ring substituents is 1. The number of aromatic hydroxyl groups is 2. The second-order valence-electron chi connectivity index (χ2n) is 8.87. The molecule has 188 valence electrons. The molecular formula is C29H14N2O8. The lowest BCUT2D eigenvalue weighted by molar-refractivity contribution is -0.383. The van der Waals surface area contributed by atoms with Crippen LogP contribution >= 0.6 is 0 Å². The second-order valence-corrected chi connectivity index (χ2v) is 8.87. The number of hydrogen-bond acceptors (Lipinski definition) is 8. The highest BCUT2D eigenvalue weighted by molar-refractivity contribution is 6.17. The van der Waals surface area contributed by atoms with Crippen LogP contribution in [0.15, 0.2) is 92.2 Å². The van der Waals surface area contributed by atoms with Gasteiger partial charge in [-0.2, -0.15) is 0 Å². The summed E-state index contributed by atoms with van der Waals surface area (Å²) in [4.78, 5) is 66.8. The molecule has 10 heteroatoms. The highest BCUT2D eigenvalue weighted by atomic mass is 16.6. The number of benzene rings is 6. The van der Waals surface area contributed by atoms with Gasteiger partial charge in [0.05, 0.1) is 4.92 Å². The normalized spacial score (nSPS) is 12.1. The van der Waals surface area contributed by atoms with Crippen LogP contribution in [0.2, 0.25) is 0 Å². The minimum Gasteiger partial charge on any atom is -0.507 e. The summed E-state index contributed by atoms with van der Waals surface area (Å²) in [7, 11) is 0. The number of amides is 1. The van der Waals surface area contributed by atoms with Gasteiger partial charge in [0.2, 0.25) is 5.43 Å². The Hall–Kier alpha value is -5.77. The van der Waals surface area contributed by atoms with Crippen molar-refractivity contribution in [2.24, 2.45) is 4.99 Å². The molecule has 2 aliphatic rings. The van der Waals surface area contributed by atoms with Crippen LogP contribution in [0.1, 0.15) is 10.4 Å². The van der Waals surface area contributed by atoms with Crippen molar-refractivity contribution in [3.8, 4) is 22.6 Å². The fourth-order valence-corrected chi connectivity index (χ4v) is 4.94. The summed E-state index contributed by atoms with van der Waals surface area (Å²) in [6, 6.07) is 16.5. The molecule has 0 saturated carbocycles. The van der Waals surface area contributed by atoms with Crippen molar-refractivity contribution in [3.05, 3.63) is 125 Å². The molecule has 0 spiro atoms. The zero-order valence-electron chi connectivity index (χ0n) is 19.7. The first-order valence-corrected chi connectivity index (χ1v) is 11.5. The number of carbonyl (C=O) groups is 1. The first-order chi connectivity index (χ1) is 18.7. The van der Waals surface area contributed by atoms with Gasteiger partial charge in [0.15, 0.2) is 10.9 Å². The molecule has 4 aromatic carbocycles. The zero-order valence-corrected chi connectivity index (χ0v) is 19.7. The van der Waals surface area contributed by atoms with Crippen molar-refractivity contribution in [1.29, 1.82) is 0 Å². The molecular weight excluding hydrogens is 504 g/mol. The van der Waals surface area contributed by atoms with Crippen LogP contribution in [-0.2, 0) is 0 Å². The van der Waals surface area contributed by atoms with Gasteiger partial charge in [-0.05, 0) is 24.3 Å². The molecule has 10 nitrogen and oxygen atoms in total. The van der Waals surface area contributed by atoms with E-state index in [-0.39, 0.29) is 49.2 Å². The SMILES string of the molecule is O=C(N=c1cc2c(=O)c3ccccc3c(=O)c-2cc1=O)c1ccc2c(O)c3ccccc3c(O)c2c1[N+](=O)[O-]. The summed E-state index contributed by atoms with van der Waals surface area (Å²) < 4.78 is 0. The maximum absolute atomic E-state index is 13.2. The van der Waals surface area contributed by atoms with Crippen molar-refractivity contribution in [2.45, 2.75) is 0 Å². The van der Waals surface area contributed by atoms with Gasteiger partial charge in [0.1, 0.15) is 27.8 Å². The predicted octanol–water partition coefficient (Wildman–Crippen LogP) is 3.27. The average Bonchev–Trinajstić information content (AvgIpc) is 2.94. The molecule has 6 rings (SSSR count). The van der Waals surface area contributed by atoms with Crippen molar-refractivity contribution < 1.29 is 19.9 Å². The lowest BCUT2D eigenvalue weighted by atomic mass is 9.96.